The Morgan fingerprint density at radius 1 is 0.933 bits per heavy atom. The molecule has 0 aromatic heterocycles. The lowest BCUT2D eigenvalue weighted by Crippen LogP contribution is -2.54. The van der Waals surface area contributed by atoms with Crippen molar-refractivity contribution in [2.75, 3.05) is 33.2 Å². The van der Waals surface area contributed by atoms with Crippen LogP contribution >= 0.6 is 0 Å². The number of amides is 2. The molecule has 13 heteroatoms. The second-order valence-electron chi connectivity index (χ2n) is 12.4. The Hall–Kier alpha value is -3.35. The minimum absolute atomic E-state index is 0.0588. The van der Waals surface area contributed by atoms with Crippen LogP contribution in [0.3, 0.4) is 0 Å². The van der Waals surface area contributed by atoms with Crippen LogP contribution in [0.4, 0.5) is 35.5 Å². The summed E-state index contributed by atoms with van der Waals surface area (Å²) in [4.78, 5) is 29.9. The summed E-state index contributed by atoms with van der Waals surface area (Å²) < 4.78 is 95.1. The molecular formula is C32H38F7N3O3. The maximum absolute atomic E-state index is 14.0. The highest BCUT2D eigenvalue weighted by Gasteiger charge is 2.39. The van der Waals surface area contributed by atoms with Crippen molar-refractivity contribution in [1.82, 2.24) is 14.7 Å². The van der Waals surface area contributed by atoms with E-state index in [0.29, 0.717) is 42.3 Å². The van der Waals surface area contributed by atoms with Crippen LogP contribution in [0.5, 0.6) is 0 Å². The molecule has 0 radical (unpaired) electrons. The van der Waals surface area contributed by atoms with Gasteiger partial charge in [-0.15, -0.1) is 0 Å². The van der Waals surface area contributed by atoms with E-state index in [1.54, 1.807) is 17.9 Å². The molecule has 0 bridgehead atoms. The van der Waals surface area contributed by atoms with E-state index in [9.17, 15) is 40.3 Å². The number of carbonyl (C=O) groups excluding carboxylic acids is 1. The standard InChI is InChI=1S/C32H38F7N3O3/c1-19-12-26(33)8-9-27(19)28-18-41(17-22-6-4-21(5-7-22)13-29(43)44)10-11-42(28)30(45)40(3)20(2)23-14-24(31(34,35)36)16-25(15-23)32(37,38)39/h8-9,12,14-16,20-22,28H,4-7,10-11,13,17-18H2,1-3H3,(H,43,44)/t20?,21?,22?,28-/m1/s1. The first kappa shape index (κ1) is 34.5. The van der Waals surface area contributed by atoms with Crippen molar-refractivity contribution in [2.45, 2.75) is 70.4 Å². The minimum Gasteiger partial charge on any atom is -0.481 e. The fourth-order valence-electron chi connectivity index (χ4n) is 6.56. The number of carboxylic acid groups (broad SMARTS) is 1. The minimum atomic E-state index is -5.02. The van der Waals surface area contributed by atoms with E-state index < -0.39 is 53.4 Å². The number of halogens is 7. The van der Waals surface area contributed by atoms with Gasteiger partial charge in [-0.1, -0.05) is 6.07 Å². The van der Waals surface area contributed by atoms with Crippen LogP contribution in [0.15, 0.2) is 36.4 Å². The molecule has 248 valence electrons. The molecule has 1 N–H and O–H groups in total. The zero-order chi connectivity index (χ0) is 33.3. The molecule has 1 saturated carbocycles. The van der Waals surface area contributed by atoms with E-state index in [0.717, 1.165) is 37.1 Å². The van der Waals surface area contributed by atoms with E-state index in [-0.39, 0.29) is 30.5 Å². The molecule has 1 heterocycles. The SMILES string of the molecule is Cc1cc(F)ccc1[C@H]1CN(CC2CCC(CC(=O)O)CC2)CCN1C(=O)N(C)C(C)c1cc(C(F)(F)F)cc(C(F)(F)F)c1. The van der Waals surface area contributed by atoms with Crippen molar-refractivity contribution in [2.24, 2.45) is 11.8 Å². The van der Waals surface area contributed by atoms with Gasteiger partial charge in [0.05, 0.1) is 23.2 Å². The highest BCUT2D eigenvalue weighted by atomic mass is 19.4. The van der Waals surface area contributed by atoms with E-state index in [1.165, 1.54) is 26.1 Å². The molecule has 1 unspecified atom stereocenters. The summed E-state index contributed by atoms with van der Waals surface area (Å²) in [6, 6.07) is 3.33. The van der Waals surface area contributed by atoms with Gasteiger partial charge in [0, 0.05) is 39.6 Å². The summed E-state index contributed by atoms with van der Waals surface area (Å²) in [7, 11) is 1.34. The van der Waals surface area contributed by atoms with Crippen LogP contribution < -0.4 is 0 Å². The number of rotatable bonds is 7. The molecule has 2 fully saturated rings. The molecule has 0 spiro atoms. The van der Waals surface area contributed by atoms with Crippen LogP contribution in [0, 0.1) is 24.6 Å². The summed E-state index contributed by atoms with van der Waals surface area (Å²) >= 11 is 0. The number of aryl methyl sites for hydroxylation is 1. The van der Waals surface area contributed by atoms with E-state index >= 15 is 0 Å². The first-order valence-corrected chi connectivity index (χ1v) is 15.0. The maximum atomic E-state index is 14.0. The van der Waals surface area contributed by atoms with E-state index in [1.807, 2.05) is 0 Å². The van der Waals surface area contributed by atoms with Crippen molar-refractivity contribution in [3.63, 3.8) is 0 Å². The molecule has 1 aliphatic heterocycles. The van der Waals surface area contributed by atoms with Gasteiger partial charge >= 0.3 is 24.4 Å². The second kappa shape index (κ2) is 13.6. The molecule has 2 aromatic carbocycles. The Balaban J connectivity index is 1.56. The van der Waals surface area contributed by atoms with Crippen molar-refractivity contribution >= 4 is 12.0 Å². The number of benzene rings is 2. The van der Waals surface area contributed by atoms with Gasteiger partial charge in [-0.2, -0.15) is 26.3 Å². The topological polar surface area (TPSA) is 64.1 Å². The van der Waals surface area contributed by atoms with E-state index in [4.69, 9.17) is 5.11 Å². The molecule has 2 aliphatic rings. The summed E-state index contributed by atoms with van der Waals surface area (Å²) in [6.07, 6.45) is -6.47. The zero-order valence-corrected chi connectivity index (χ0v) is 25.4. The van der Waals surface area contributed by atoms with Gasteiger partial charge < -0.3 is 14.9 Å². The van der Waals surface area contributed by atoms with Gasteiger partial charge in [-0.25, -0.2) is 9.18 Å². The van der Waals surface area contributed by atoms with Gasteiger partial charge in [0.1, 0.15) is 5.82 Å². The number of alkyl halides is 6. The van der Waals surface area contributed by atoms with Crippen LogP contribution in [-0.2, 0) is 17.1 Å². The third kappa shape index (κ3) is 8.47. The lowest BCUT2D eigenvalue weighted by Gasteiger charge is -2.45. The molecule has 2 atom stereocenters. The van der Waals surface area contributed by atoms with Gasteiger partial charge in [0.15, 0.2) is 0 Å². The van der Waals surface area contributed by atoms with Crippen molar-refractivity contribution < 1.29 is 45.4 Å². The molecule has 4 rings (SSSR count). The molecule has 45 heavy (non-hydrogen) atoms. The average molecular weight is 646 g/mol. The fourth-order valence-corrected chi connectivity index (χ4v) is 6.56. The van der Waals surface area contributed by atoms with Gasteiger partial charge in [-0.05, 0) is 98.4 Å². The average Bonchev–Trinajstić information content (AvgIpc) is 2.95. The predicted octanol–water partition coefficient (Wildman–Crippen LogP) is 7.92. The number of urea groups is 1. The fraction of sp³-hybridized carbons (Fsp3) is 0.562. The van der Waals surface area contributed by atoms with Gasteiger partial charge in [0.2, 0.25) is 0 Å². The first-order chi connectivity index (χ1) is 20.9. The molecular weight excluding hydrogens is 607 g/mol. The smallest absolute Gasteiger partial charge is 0.416 e. The quantitative estimate of drug-likeness (QED) is 0.311. The number of hydrogen-bond acceptors (Lipinski definition) is 3. The highest BCUT2D eigenvalue weighted by Crippen LogP contribution is 2.39. The second-order valence-corrected chi connectivity index (χ2v) is 12.4. The normalized spacial score (nSPS) is 22.3. The lowest BCUT2D eigenvalue weighted by atomic mass is 9.80. The van der Waals surface area contributed by atoms with Crippen LogP contribution in [0.1, 0.15) is 78.9 Å². The van der Waals surface area contributed by atoms with Crippen LogP contribution in [0.25, 0.3) is 0 Å². The Morgan fingerprint density at radius 3 is 2.04 bits per heavy atom. The molecule has 1 saturated heterocycles. The number of nitrogens with zero attached hydrogens (tertiary/aromatic N) is 3. The van der Waals surface area contributed by atoms with Crippen molar-refractivity contribution in [3.05, 3.63) is 70.0 Å². The van der Waals surface area contributed by atoms with Crippen molar-refractivity contribution in [1.29, 1.82) is 0 Å². The largest absolute Gasteiger partial charge is 0.481 e. The lowest BCUT2D eigenvalue weighted by molar-refractivity contribution is -0.143. The highest BCUT2D eigenvalue weighted by molar-refractivity contribution is 5.75. The Bertz CT molecular complexity index is 1340. The number of carbonyl (C=O) groups is 2. The number of carboxylic acids is 1. The van der Waals surface area contributed by atoms with Gasteiger partial charge in [-0.3, -0.25) is 9.69 Å². The zero-order valence-electron chi connectivity index (χ0n) is 25.4. The third-order valence-corrected chi connectivity index (χ3v) is 9.22. The van der Waals surface area contributed by atoms with E-state index in [2.05, 4.69) is 4.90 Å². The molecule has 1 aliphatic carbocycles. The Kier molecular flexibility index (Phi) is 10.4. The number of piperazine rings is 1. The first-order valence-electron chi connectivity index (χ1n) is 15.0. The van der Waals surface area contributed by atoms with Crippen molar-refractivity contribution in [3.8, 4) is 0 Å². The Morgan fingerprint density at radius 2 is 1.51 bits per heavy atom. The number of hydrogen-bond donors (Lipinski definition) is 1. The summed E-state index contributed by atoms with van der Waals surface area (Å²) in [5, 5.41) is 9.11. The maximum Gasteiger partial charge on any atom is 0.416 e. The summed E-state index contributed by atoms with van der Waals surface area (Å²) in [5.74, 6) is -0.747. The monoisotopic (exact) mass is 645 g/mol. The molecule has 6 nitrogen and oxygen atoms in total. The summed E-state index contributed by atoms with van der Waals surface area (Å²) in [5.41, 5.74) is -1.91. The third-order valence-electron chi connectivity index (χ3n) is 9.22. The predicted molar refractivity (Wildman–Crippen MR) is 153 cm³/mol. The number of aliphatic carboxylic acids is 1. The van der Waals surface area contributed by atoms with Crippen LogP contribution in [-0.4, -0.2) is 65.0 Å². The Labute approximate surface area is 257 Å². The van der Waals surface area contributed by atoms with Crippen LogP contribution in [0.2, 0.25) is 0 Å². The molecule has 2 amide bonds. The molecule has 2 aromatic rings. The summed E-state index contributed by atoms with van der Waals surface area (Å²) in [6.45, 7) is 4.95. The van der Waals surface area contributed by atoms with Gasteiger partial charge in [0.25, 0.3) is 0 Å².